The molecule has 1 aromatic carbocycles. The van der Waals surface area contributed by atoms with Crippen LogP contribution in [0, 0.1) is 31.4 Å². The quantitative estimate of drug-likeness (QED) is 0.711. The maximum Gasteiger partial charge on any atom is 0.229 e. The molecule has 0 spiro atoms. The van der Waals surface area contributed by atoms with Gasteiger partial charge in [-0.3, -0.25) is 4.79 Å². The number of amides is 1. The van der Waals surface area contributed by atoms with Crippen LogP contribution in [0.15, 0.2) is 36.4 Å². The lowest BCUT2D eigenvalue weighted by Crippen LogP contribution is -2.41. The molecule has 1 aliphatic rings. The van der Waals surface area contributed by atoms with Gasteiger partial charge < -0.3 is 10.2 Å². The fourth-order valence-corrected chi connectivity index (χ4v) is 3.69. The normalized spacial score (nSPS) is 16.5. The molecule has 1 atom stereocenters. The largest absolute Gasteiger partial charge is 0.354 e. The van der Waals surface area contributed by atoms with Crippen molar-refractivity contribution in [2.45, 2.75) is 26.7 Å². The fourth-order valence-electron chi connectivity index (χ4n) is 3.69. The number of carbonyl (C=O) groups excluding carboxylic acids is 1. The van der Waals surface area contributed by atoms with E-state index in [1.165, 1.54) is 6.07 Å². The number of aryl methyl sites for hydroxylation is 2. The summed E-state index contributed by atoms with van der Waals surface area (Å²) in [6, 6.07) is 8.77. The highest BCUT2D eigenvalue weighted by Crippen LogP contribution is 2.24. The molecule has 30 heavy (non-hydrogen) atoms. The number of rotatable bonds is 4. The first kappa shape index (κ1) is 19.9. The Balaban J connectivity index is 1.44. The first-order valence-corrected chi connectivity index (χ1v) is 9.79. The van der Waals surface area contributed by atoms with E-state index in [-0.39, 0.29) is 17.5 Å². The highest BCUT2D eigenvalue weighted by molar-refractivity contribution is 5.93. The van der Waals surface area contributed by atoms with Gasteiger partial charge in [0, 0.05) is 24.8 Å². The molecule has 2 aromatic heterocycles. The average molecular weight is 412 g/mol. The van der Waals surface area contributed by atoms with Crippen molar-refractivity contribution in [3.8, 4) is 5.82 Å². The first-order chi connectivity index (χ1) is 14.4. The van der Waals surface area contributed by atoms with Crippen molar-refractivity contribution in [2.24, 2.45) is 5.92 Å². The number of halogens is 2. The Kier molecular flexibility index (Phi) is 5.43. The summed E-state index contributed by atoms with van der Waals surface area (Å²) in [5, 5.41) is 15.6. The molecule has 7 nitrogen and oxygen atoms in total. The highest BCUT2D eigenvalue weighted by Gasteiger charge is 2.27. The topological polar surface area (TPSA) is 75.9 Å². The molecule has 1 fully saturated rings. The number of nitrogens with zero attached hydrogens (tertiary/aromatic N) is 5. The summed E-state index contributed by atoms with van der Waals surface area (Å²) >= 11 is 0. The minimum atomic E-state index is -0.790. The second kappa shape index (κ2) is 8.17. The second-order valence-electron chi connectivity index (χ2n) is 7.49. The van der Waals surface area contributed by atoms with Gasteiger partial charge in [-0.2, -0.15) is 5.10 Å². The van der Waals surface area contributed by atoms with Crippen molar-refractivity contribution in [1.29, 1.82) is 0 Å². The van der Waals surface area contributed by atoms with Crippen LogP contribution in [0.1, 0.15) is 24.2 Å². The van der Waals surface area contributed by atoms with Crippen LogP contribution in [0.3, 0.4) is 0 Å². The van der Waals surface area contributed by atoms with E-state index in [9.17, 15) is 13.6 Å². The number of carbonyl (C=O) groups is 1. The summed E-state index contributed by atoms with van der Waals surface area (Å²) in [6.45, 7) is 5.07. The van der Waals surface area contributed by atoms with E-state index in [4.69, 9.17) is 0 Å². The fraction of sp³-hybridized carbons (Fsp3) is 0.333. The molecule has 1 aliphatic heterocycles. The van der Waals surface area contributed by atoms with Crippen molar-refractivity contribution in [2.75, 3.05) is 23.3 Å². The van der Waals surface area contributed by atoms with Gasteiger partial charge in [-0.15, -0.1) is 10.2 Å². The third kappa shape index (κ3) is 4.14. The van der Waals surface area contributed by atoms with E-state index in [1.54, 1.807) is 4.68 Å². The Morgan fingerprint density at radius 2 is 1.87 bits per heavy atom. The summed E-state index contributed by atoms with van der Waals surface area (Å²) in [5.41, 5.74) is 1.85. The molecule has 1 unspecified atom stereocenters. The van der Waals surface area contributed by atoms with Crippen molar-refractivity contribution in [3.63, 3.8) is 0 Å². The van der Waals surface area contributed by atoms with Crippen molar-refractivity contribution >= 4 is 17.4 Å². The Labute approximate surface area is 172 Å². The number of aromatic nitrogens is 4. The number of hydrogen-bond donors (Lipinski definition) is 1. The molecule has 9 heteroatoms. The molecular formula is C21H22F2N6O. The van der Waals surface area contributed by atoms with Crippen molar-refractivity contribution in [3.05, 3.63) is 59.4 Å². The Morgan fingerprint density at radius 3 is 2.53 bits per heavy atom. The van der Waals surface area contributed by atoms with Gasteiger partial charge in [-0.05, 0) is 57.0 Å². The summed E-state index contributed by atoms with van der Waals surface area (Å²) in [7, 11) is 0. The lowest BCUT2D eigenvalue weighted by atomic mass is 9.97. The number of piperidine rings is 1. The molecule has 3 aromatic rings. The number of anilines is 2. The monoisotopic (exact) mass is 412 g/mol. The van der Waals surface area contributed by atoms with Crippen molar-refractivity contribution < 1.29 is 13.6 Å². The molecule has 1 N–H and O–H groups in total. The third-order valence-corrected chi connectivity index (χ3v) is 5.17. The Hall–Kier alpha value is -3.36. The van der Waals surface area contributed by atoms with Gasteiger partial charge in [0.2, 0.25) is 5.91 Å². The van der Waals surface area contributed by atoms with E-state index >= 15 is 0 Å². The van der Waals surface area contributed by atoms with Crippen LogP contribution in [0.25, 0.3) is 5.82 Å². The summed E-state index contributed by atoms with van der Waals surface area (Å²) in [6.07, 6.45) is 1.48. The summed E-state index contributed by atoms with van der Waals surface area (Å²) < 4.78 is 28.6. The molecular weight excluding hydrogens is 390 g/mol. The Bertz CT molecular complexity index is 1070. The molecule has 0 radical (unpaired) electrons. The third-order valence-electron chi connectivity index (χ3n) is 5.17. The molecule has 156 valence electrons. The number of nitrogens with one attached hydrogen (secondary N) is 1. The number of benzene rings is 1. The summed E-state index contributed by atoms with van der Waals surface area (Å²) in [5.74, 6) is -0.801. The molecule has 1 saturated heterocycles. The van der Waals surface area contributed by atoms with Gasteiger partial charge in [0.05, 0.1) is 17.3 Å². The van der Waals surface area contributed by atoms with Crippen LogP contribution in [0.4, 0.5) is 20.3 Å². The molecule has 0 bridgehead atoms. The SMILES string of the molecule is Cc1cc(C)n(-c2ccc(N3CCCC(C(=O)Nc4ccc(F)cc4F)C3)nn2)n1. The van der Waals surface area contributed by atoms with Crippen LogP contribution in [0.2, 0.25) is 0 Å². The minimum Gasteiger partial charge on any atom is -0.354 e. The molecule has 4 rings (SSSR count). The van der Waals surface area contributed by atoms with Gasteiger partial charge in [0.15, 0.2) is 11.6 Å². The molecule has 0 aliphatic carbocycles. The van der Waals surface area contributed by atoms with Crippen LogP contribution < -0.4 is 10.2 Å². The van der Waals surface area contributed by atoms with Gasteiger partial charge >= 0.3 is 0 Å². The van der Waals surface area contributed by atoms with Crippen LogP contribution in [-0.2, 0) is 4.79 Å². The van der Waals surface area contributed by atoms with Crippen LogP contribution >= 0.6 is 0 Å². The predicted molar refractivity (Wildman–Crippen MR) is 109 cm³/mol. The second-order valence-corrected chi connectivity index (χ2v) is 7.49. The van der Waals surface area contributed by atoms with Gasteiger partial charge in [-0.25, -0.2) is 13.5 Å². The van der Waals surface area contributed by atoms with E-state index in [0.29, 0.717) is 24.6 Å². The zero-order valence-corrected chi connectivity index (χ0v) is 16.8. The molecule has 3 heterocycles. The smallest absolute Gasteiger partial charge is 0.229 e. The Morgan fingerprint density at radius 1 is 1.10 bits per heavy atom. The van der Waals surface area contributed by atoms with E-state index in [0.717, 1.165) is 36.5 Å². The maximum atomic E-state index is 13.8. The lowest BCUT2D eigenvalue weighted by Gasteiger charge is -2.32. The van der Waals surface area contributed by atoms with E-state index < -0.39 is 11.6 Å². The highest BCUT2D eigenvalue weighted by atomic mass is 19.1. The first-order valence-electron chi connectivity index (χ1n) is 9.79. The standard InChI is InChI=1S/C21H22F2N6O/c1-13-10-14(2)29(27-13)20-8-7-19(25-26-20)28-9-3-4-15(12-28)21(30)24-18-6-5-16(22)11-17(18)23/h5-8,10-11,15H,3-4,9,12H2,1-2H3,(H,24,30). The van der Waals surface area contributed by atoms with Gasteiger partial charge in [0.25, 0.3) is 0 Å². The zero-order chi connectivity index (χ0) is 21.3. The summed E-state index contributed by atoms with van der Waals surface area (Å²) in [4.78, 5) is 14.6. The van der Waals surface area contributed by atoms with Gasteiger partial charge in [-0.1, -0.05) is 0 Å². The van der Waals surface area contributed by atoms with Crippen molar-refractivity contribution in [1.82, 2.24) is 20.0 Å². The lowest BCUT2D eigenvalue weighted by molar-refractivity contribution is -0.120. The van der Waals surface area contributed by atoms with E-state index in [1.807, 2.05) is 36.9 Å². The molecule has 1 amide bonds. The average Bonchev–Trinajstić information content (AvgIpc) is 3.08. The minimum absolute atomic E-state index is 0.0208. The molecule has 0 saturated carbocycles. The zero-order valence-electron chi connectivity index (χ0n) is 16.8. The predicted octanol–water partition coefficient (Wildman–Crippen LogP) is 3.41. The maximum absolute atomic E-state index is 13.8. The van der Waals surface area contributed by atoms with Crippen LogP contribution in [0.5, 0.6) is 0 Å². The number of hydrogen-bond acceptors (Lipinski definition) is 5. The van der Waals surface area contributed by atoms with Crippen LogP contribution in [-0.4, -0.2) is 39.0 Å². The van der Waals surface area contributed by atoms with E-state index in [2.05, 4.69) is 20.6 Å². The van der Waals surface area contributed by atoms with Gasteiger partial charge in [0.1, 0.15) is 11.6 Å².